The molecule has 0 saturated heterocycles. The molecule has 12 heavy (non-hydrogen) atoms. The van der Waals surface area contributed by atoms with Gasteiger partial charge in [0.05, 0.1) is 8.31 Å². The molecule has 1 rings (SSSR count). The Hall–Kier alpha value is -0.346. The van der Waals surface area contributed by atoms with Crippen LogP contribution in [0, 0.1) is 0 Å². The first-order valence-electron chi connectivity index (χ1n) is 4.16. The monoisotopic (exact) mass is 190 g/mol. The quantitative estimate of drug-likeness (QED) is 0.593. The summed E-state index contributed by atoms with van der Waals surface area (Å²) in [5.74, 6) is 0. The molecule has 0 amide bonds. The number of benzene rings is 1. The second kappa shape index (κ2) is 3.58. The topological polar surface area (TPSA) is 0 Å². The lowest BCUT2D eigenvalue weighted by molar-refractivity contribution is 0.754. The first-order chi connectivity index (χ1) is 5.52. The number of hydrogen-bond acceptors (Lipinski definition) is 0. The van der Waals surface area contributed by atoms with E-state index in [2.05, 4.69) is 60.9 Å². The predicted octanol–water partition coefficient (Wildman–Crippen LogP) is 1.85. The summed E-state index contributed by atoms with van der Waals surface area (Å²) >= 11 is 0. The molecule has 0 nitrogen and oxygen atoms in total. The Bertz CT molecular complexity index is 236. The average molecular weight is 190 g/mol. The summed E-state index contributed by atoms with van der Waals surface area (Å²) < 4.78 is 0. The highest BCUT2D eigenvalue weighted by Gasteiger charge is 2.22. The summed E-state index contributed by atoms with van der Waals surface area (Å²) in [5.41, 5.74) is 0. The van der Waals surface area contributed by atoms with E-state index in [1.54, 1.807) is 0 Å². The van der Waals surface area contributed by atoms with Crippen molar-refractivity contribution >= 4 is 23.3 Å². The molecule has 0 fully saturated rings. The van der Waals surface area contributed by atoms with Crippen molar-refractivity contribution in [1.82, 2.24) is 0 Å². The third-order valence-electron chi connectivity index (χ3n) is 1.81. The lowest BCUT2D eigenvalue weighted by atomic mass is 10.2. The van der Waals surface area contributed by atoms with Gasteiger partial charge in [-0.3, -0.25) is 0 Å². The largest absolute Gasteiger partial charge is 0.0731 e. The second-order valence-electron chi connectivity index (χ2n) is 3.99. The van der Waals surface area contributed by atoms with Crippen LogP contribution in [0.4, 0.5) is 0 Å². The Morgan fingerprint density at radius 3 is 2.00 bits per heavy atom. The van der Waals surface area contributed by atoms with Crippen LogP contribution in [0.15, 0.2) is 30.3 Å². The Kier molecular flexibility index (Phi) is 2.91. The highest BCUT2D eigenvalue weighted by Crippen LogP contribution is 2.24. The maximum absolute atomic E-state index is 3.86. The van der Waals surface area contributed by atoms with Gasteiger partial charge >= 0.3 is 0 Å². The Labute approximate surface area is 79.8 Å². The minimum absolute atomic E-state index is 0.378. The predicted molar refractivity (Wildman–Crippen MR) is 57.3 cm³/mol. The van der Waals surface area contributed by atoms with Crippen molar-refractivity contribution in [2.24, 2.45) is 0 Å². The zero-order valence-corrected chi connectivity index (χ0v) is 9.89. The van der Waals surface area contributed by atoms with Crippen LogP contribution in [0.3, 0.4) is 0 Å². The summed E-state index contributed by atoms with van der Waals surface area (Å²) in [4.78, 5) is 0. The van der Waals surface area contributed by atoms with Crippen molar-refractivity contribution in [1.29, 1.82) is 0 Å². The van der Waals surface area contributed by atoms with E-state index >= 15 is 0 Å². The van der Waals surface area contributed by atoms with Crippen LogP contribution in [0.1, 0.15) is 20.8 Å². The van der Waals surface area contributed by atoms with Gasteiger partial charge in [-0.2, -0.15) is 0 Å². The van der Waals surface area contributed by atoms with E-state index in [1.807, 2.05) is 0 Å². The third-order valence-corrected chi connectivity index (χ3v) is 7.34. The van der Waals surface area contributed by atoms with E-state index in [0.717, 1.165) is 0 Å². The van der Waals surface area contributed by atoms with Crippen LogP contribution in [0.25, 0.3) is 0 Å². The lowest BCUT2D eigenvalue weighted by Gasteiger charge is -2.25. The van der Waals surface area contributed by atoms with Crippen LogP contribution in [0.5, 0.6) is 0 Å². The normalized spacial score (nSPS) is 12.1. The van der Waals surface area contributed by atoms with Crippen molar-refractivity contribution in [3.8, 4) is 0 Å². The number of rotatable bonds is 1. The highest BCUT2D eigenvalue weighted by atomic mass is 29.1. The van der Waals surface area contributed by atoms with Gasteiger partial charge in [0.15, 0.2) is 0 Å². The van der Waals surface area contributed by atoms with E-state index < -0.39 is 8.31 Å². The second-order valence-corrected chi connectivity index (χ2v) is 8.32. The average Bonchev–Trinajstić information content (AvgIpc) is 2.03. The minimum Gasteiger partial charge on any atom is -0.0647 e. The molecule has 0 aliphatic rings. The molecular formula is C10H14Si2. The molecule has 0 bridgehead atoms. The fourth-order valence-electron chi connectivity index (χ4n) is 1.04. The van der Waals surface area contributed by atoms with Crippen molar-refractivity contribution < 1.29 is 0 Å². The van der Waals surface area contributed by atoms with E-state index in [0.29, 0.717) is 5.04 Å². The standard InChI is InChI=1S/C10H14Si2/c1-10(2,3)12(11)9-7-5-4-6-8-9/h4-8H,1-3H3. The molecule has 1 aromatic rings. The molecule has 0 aliphatic carbocycles. The van der Waals surface area contributed by atoms with Gasteiger partial charge in [0, 0.05) is 9.76 Å². The fourth-order valence-corrected chi connectivity index (χ4v) is 2.93. The Balaban J connectivity index is 2.86. The highest BCUT2D eigenvalue weighted by molar-refractivity contribution is 7.12. The molecule has 0 aromatic heterocycles. The van der Waals surface area contributed by atoms with Gasteiger partial charge in [-0.05, 0) is 5.04 Å². The fraction of sp³-hybridized carbons (Fsp3) is 0.400. The molecule has 0 spiro atoms. The molecule has 0 atom stereocenters. The molecule has 1 aromatic carbocycles. The summed E-state index contributed by atoms with van der Waals surface area (Å²) in [7, 11) is 3.28. The van der Waals surface area contributed by atoms with E-state index in [-0.39, 0.29) is 0 Å². The van der Waals surface area contributed by atoms with Crippen LogP contribution >= 0.6 is 0 Å². The van der Waals surface area contributed by atoms with Gasteiger partial charge < -0.3 is 0 Å². The van der Waals surface area contributed by atoms with Gasteiger partial charge in [-0.15, -0.1) is 0 Å². The van der Waals surface area contributed by atoms with Gasteiger partial charge in [0.1, 0.15) is 0 Å². The van der Waals surface area contributed by atoms with Crippen LogP contribution in [-0.4, -0.2) is 18.1 Å². The van der Waals surface area contributed by atoms with Crippen molar-refractivity contribution in [3.63, 3.8) is 0 Å². The Morgan fingerprint density at radius 2 is 1.58 bits per heavy atom. The molecule has 0 heterocycles. The van der Waals surface area contributed by atoms with Crippen LogP contribution in [0.2, 0.25) is 5.04 Å². The first-order valence-corrected chi connectivity index (χ1v) is 7.16. The van der Waals surface area contributed by atoms with Crippen LogP contribution in [-0.2, 0) is 0 Å². The van der Waals surface area contributed by atoms with Crippen LogP contribution < -0.4 is 5.19 Å². The minimum atomic E-state index is -0.577. The summed E-state index contributed by atoms with van der Waals surface area (Å²) in [5, 5.41) is 1.83. The summed E-state index contributed by atoms with van der Waals surface area (Å²) in [6, 6.07) is 10.7. The molecule has 4 radical (unpaired) electrons. The van der Waals surface area contributed by atoms with Gasteiger partial charge in [0.2, 0.25) is 0 Å². The molecule has 0 N–H and O–H groups in total. The van der Waals surface area contributed by atoms with E-state index in [4.69, 9.17) is 0 Å². The van der Waals surface area contributed by atoms with Gasteiger partial charge in [-0.25, -0.2) is 0 Å². The Morgan fingerprint density at radius 1 is 1.08 bits per heavy atom. The third kappa shape index (κ3) is 2.32. The maximum atomic E-state index is 3.86. The first kappa shape index (κ1) is 9.74. The SMILES string of the molecule is CC(C)(C)[Si]([Si])c1ccccc1. The zero-order chi connectivity index (χ0) is 9.19. The molecular weight excluding hydrogens is 176 g/mol. The van der Waals surface area contributed by atoms with Crippen molar-refractivity contribution in [2.75, 3.05) is 0 Å². The zero-order valence-electron chi connectivity index (χ0n) is 7.89. The van der Waals surface area contributed by atoms with E-state index in [1.165, 1.54) is 5.19 Å². The molecule has 62 valence electrons. The maximum Gasteiger partial charge on any atom is 0.0731 e. The van der Waals surface area contributed by atoms with Crippen molar-refractivity contribution in [2.45, 2.75) is 25.8 Å². The molecule has 0 saturated carbocycles. The van der Waals surface area contributed by atoms with Gasteiger partial charge in [0.25, 0.3) is 0 Å². The molecule has 0 unspecified atom stereocenters. The summed E-state index contributed by atoms with van der Waals surface area (Å²) in [6.45, 7) is 6.84. The van der Waals surface area contributed by atoms with E-state index in [9.17, 15) is 0 Å². The smallest absolute Gasteiger partial charge is 0.0647 e. The number of hydrogen-bond donors (Lipinski definition) is 0. The van der Waals surface area contributed by atoms with Gasteiger partial charge in [-0.1, -0.05) is 56.3 Å². The molecule has 0 aliphatic heterocycles. The molecule has 2 heteroatoms. The lowest BCUT2D eigenvalue weighted by Crippen LogP contribution is -2.39. The van der Waals surface area contributed by atoms with Crippen molar-refractivity contribution in [3.05, 3.63) is 30.3 Å². The summed E-state index contributed by atoms with van der Waals surface area (Å²) in [6.07, 6.45) is 0.